The van der Waals surface area contributed by atoms with Crippen LogP contribution in [0.25, 0.3) is 0 Å². The van der Waals surface area contributed by atoms with Gasteiger partial charge in [0.05, 0.1) is 13.0 Å². The van der Waals surface area contributed by atoms with Crippen LogP contribution in [0.2, 0.25) is 0 Å². The van der Waals surface area contributed by atoms with E-state index in [2.05, 4.69) is 11.3 Å². The molecule has 0 aliphatic heterocycles. The van der Waals surface area contributed by atoms with Crippen LogP contribution < -0.4 is 0 Å². The lowest BCUT2D eigenvalue weighted by molar-refractivity contribution is -0.472. The lowest BCUT2D eigenvalue weighted by atomic mass is 9.83. The summed E-state index contributed by atoms with van der Waals surface area (Å²) in [7, 11) is 0. The van der Waals surface area contributed by atoms with Gasteiger partial charge in [-0.25, -0.2) is 9.18 Å². The minimum atomic E-state index is -9.06. The molecular weight excluding hydrogens is 573 g/mol. The molecule has 0 aliphatic carbocycles. The summed E-state index contributed by atoms with van der Waals surface area (Å²) in [5, 5.41) is 0. The zero-order valence-electron chi connectivity index (χ0n) is 16.6. The largest absolute Gasteiger partial charge is 0.462 e. The fourth-order valence-corrected chi connectivity index (χ4v) is 2.11. The standard InChI is InChI=1S/C15H9F19O2/c1-5(2)6(35)36-4-3-7(16,17)9(19,20)11(23,24)13(27,28)12(25,26)10(21,22)8(18,14(29,30)31)15(32,33)34/h1,3-4H2,2H3. The van der Waals surface area contributed by atoms with Gasteiger partial charge in [-0.3, -0.25) is 0 Å². The fraction of sp³-hybridized carbons (Fsp3) is 0.800. The van der Waals surface area contributed by atoms with E-state index in [0.29, 0.717) is 0 Å². The van der Waals surface area contributed by atoms with Crippen LogP contribution in [0.5, 0.6) is 0 Å². The van der Waals surface area contributed by atoms with E-state index in [1.165, 1.54) is 0 Å². The molecule has 0 amide bonds. The van der Waals surface area contributed by atoms with Crippen LogP contribution >= 0.6 is 0 Å². The van der Waals surface area contributed by atoms with Crippen molar-refractivity contribution < 1.29 is 92.9 Å². The molecule has 2 nitrogen and oxygen atoms in total. The van der Waals surface area contributed by atoms with E-state index in [-0.39, 0.29) is 0 Å². The first-order chi connectivity index (χ1) is 15.3. The minimum Gasteiger partial charge on any atom is -0.462 e. The van der Waals surface area contributed by atoms with E-state index in [4.69, 9.17) is 0 Å². The molecule has 21 heteroatoms. The van der Waals surface area contributed by atoms with Crippen LogP contribution in [0.4, 0.5) is 83.4 Å². The molecule has 0 rings (SSSR count). The Bertz CT molecular complexity index is 821. The molecule has 0 bridgehead atoms. The summed E-state index contributed by atoms with van der Waals surface area (Å²) in [6.07, 6.45) is -19.6. The molecule has 0 N–H and O–H groups in total. The van der Waals surface area contributed by atoms with E-state index in [1.54, 1.807) is 0 Å². The number of ether oxygens (including phenoxy) is 1. The zero-order valence-corrected chi connectivity index (χ0v) is 16.6. The van der Waals surface area contributed by atoms with Crippen molar-refractivity contribution in [2.75, 3.05) is 6.61 Å². The Kier molecular flexibility index (Phi) is 8.49. The number of hydrogen-bond acceptors (Lipinski definition) is 2. The first-order valence-corrected chi connectivity index (χ1v) is 8.24. The van der Waals surface area contributed by atoms with E-state index in [0.717, 1.165) is 6.92 Å². The number of carbonyl (C=O) groups is 1. The Morgan fingerprint density at radius 2 is 0.889 bits per heavy atom. The van der Waals surface area contributed by atoms with Gasteiger partial charge < -0.3 is 4.74 Å². The Morgan fingerprint density at radius 1 is 0.583 bits per heavy atom. The highest BCUT2D eigenvalue weighted by Crippen LogP contribution is 2.66. The van der Waals surface area contributed by atoms with E-state index in [9.17, 15) is 88.2 Å². The summed E-state index contributed by atoms with van der Waals surface area (Å²) >= 11 is 0. The highest BCUT2D eigenvalue weighted by atomic mass is 19.4. The topological polar surface area (TPSA) is 26.3 Å². The van der Waals surface area contributed by atoms with Crippen molar-refractivity contribution in [2.24, 2.45) is 0 Å². The number of rotatable bonds is 10. The first kappa shape index (κ1) is 33.9. The van der Waals surface area contributed by atoms with Gasteiger partial charge in [-0.2, -0.15) is 79.0 Å². The maximum Gasteiger partial charge on any atom is 0.438 e. The predicted octanol–water partition coefficient (Wildman–Crippen LogP) is 7.14. The summed E-state index contributed by atoms with van der Waals surface area (Å²) < 4.78 is 254. The van der Waals surface area contributed by atoms with Crippen molar-refractivity contribution in [3.05, 3.63) is 12.2 Å². The van der Waals surface area contributed by atoms with Crippen molar-refractivity contribution >= 4 is 5.97 Å². The van der Waals surface area contributed by atoms with Gasteiger partial charge in [0, 0.05) is 5.57 Å². The summed E-state index contributed by atoms with van der Waals surface area (Å²) in [4.78, 5) is 10.9. The molecule has 0 unspecified atom stereocenters. The highest BCUT2D eigenvalue weighted by molar-refractivity contribution is 5.86. The zero-order chi connectivity index (χ0) is 29.8. The number of alkyl halides is 19. The van der Waals surface area contributed by atoms with E-state index < -0.39 is 78.1 Å². The monoisotopic (exact) mass is 582 g/mol. The Hall–Kier alpha value is -2.12. The third-order valence-electron chi connectivity index (χ3n) is 4.25. The lowest BCUT2D eigenvalue weighted by Gasteiger charge is -2.45. The normalized spacial score (nSPS) is 15.7. The molecule has 0 aromatic carbocycles. The fourth-order valence-electron chi connectivity index (χ4n) is 2.11. The van der Waals surface area contributed by atoms with Gasteiger partial charge in [0.25, 0.3) is 0 Å². The molecule has 0 radical (unpaired) electrons. The Balaban J connectivity index is 6.73. The molecule has 0 spiro atoms. The average Bonchev–Trinajstić information content (AvgIpc) is 2.64. The lowest BCUT2D eigenvalue weighted by Crippen LogP contribution is -2.77. The number of hydrogen-bond donors (Lipinski definition) is 0. The average molecular weight is 582 g/mol. The van der Waals surface area contributed by atoms with Gasteiger partial charge >= 0.3 is 59.5 Å². The second-order valence-corrected chi connectivity index (χ2v) is 6.90. The van der Waals surface area contributed by atoms with E-state index >= 15 is 0 Å². The molecular formula is C15H9F19O2. The SMILES string of the molecule is C=C(C)C(=O)OCCC(F)(F)C(F)(F)C(F)(F)C(F)(F)C(F)(F)C(F)(F)C(F)(C(F)(F)F)C(F)(F)F. The van der Waals surface area contributed by atoms with Crippen molar-refractivity contribution in [2.45, 2.75) is 66.9 Å². The minimum absolute atomic E-state index is 0.646. The molecule has 214 valence electrons. The molecule has 0 aromatic heterocycles. The van der Waals surface area contributed by atoms with Crippen LogP contribution in [-0.2, 0) is 9.53 Å². The molecule has 0 atom stereocenters. The molecule has 0 aliphatic rings. The molecule has 0 saturated heterocycles. The second kappa shape index (κ2) is 9.02. The summed E-state index contributed by atoms with van der Waals surface area (Å²) in [5.74, 6) is -52.0. The van der Waals surface area contributed by atoms with Gasteiger partial charge in [-0.1, -0.05) is 6.58 Å². The van der Waals surface area contributed by atoms with E-state index in [1.807, 2.05) is 0 Å². The maximum absolute atomic E-state index is 13.6. The maximum atomic E-state index is 13.6. The van der Waals surface area contributed by atoms with Crippen LogP contribution in [0.1, 0.15) is 13.3 Å². The Morgan fingerprint density at radius 3 is 1.19 bits per heavy atom. The quantitative estimate of drug-likeness (QED) is 0.156. The number of esters is 1. The van der Waals surface area contributed by atoms with Gasteiger partial charge in [0.15, 0.2) is 0 Å². The molecule has 36 heavy (non-hydrogen) atoms. The summed E-state index contributed by atoms with van der Waals surface area (Å²) in [6, 6.07) is 0. The number of carbonyl (C=O) groups excluding carboxylic acids is 1. The van der Waals surface area contributed by atoms with Gasteiger partial charge in [-0.05, 0) is 6.92 Å². The van der Waals surface area contributed by atoms with Crippen molar-refractivity contribution in [1.29, 1.82) is 0 Å². The third kappa shape index (κ3) is 4.65. The molecule has 0 saturated carbocycles. The summed E-state index contributed by atoms with van der Waals surface area (Å²) in [6.45, 7) is 1.54. The van der Waals surface area contributed by atoms with Crippen LogP contribution in [0, 0.1) is 0 Å². The third-order valence-corrected chi connectivity index (χ3v) is 4.25. The second-order valence-electron chi connectivity index (χ2n) is 6.90. The van der Waals surface area contributed by atoms with Crippen molar-refractivity contribution in [3.63, 3.8) is 0 Å². The predicted molar refractivity (Wildman–Crippen MR) is 76.0 cm³/mol. The van der Waals surface area contributed by atoms with Crippen LogP contribution in [-0.4, -0.2) is 66.1 Å². The van der Waals surface area contributed by atoms with Gasteiger partial charge in [-0.15, -0.1) is 0 Å². The van der Waals surface area contributed by atoms with Crippen LogP contribution in [0.3, 0.4) is 0 Å². The van der Waals surface area contributed by atoms with Gasteiger partial charge in [0.1, 0.15) is 0 Å². The number of halogens is 19. The Labute approximate surface area is 186 Å². The highest BCUT2D eigenvalue weighted by Gasteiger charge is 2.98. The molecule has 0 fully saturated rings. The van der Waals surface area contributed by atoms with Crippen molar-refractivity contribution in [1.82, 2.24) is 0 Å². The first-order valence-electron chi connectivity index (χ1n) is 8.24. The smallest absolute Gasteiger partial charge is 0.438 e. The molecule has 0 heterocycles. The van der Waals surface area contributed by atoms with Crippen LogP contribution in [0.15, 0.2) is 12.2 Å². The molecule has 0 aromatic rings. The van der Waals surface area contributed by atoms with Gasteiger partial charge in [0.2, 0.25) is 0 Å². The van der Waals surface area contributed by atoms with Crippen molar-refractivity contribution in [3.8, 4) is 0 Å². The summed E-state index contributed by atoms with van der Waals surface area (Å²) in [5.41, 5.74) is -9.42.